The van der Waals surface area contributed by atoms with E-state index in [9.17, 15) is 0 Å². The van der Waals surface area contributed by atoms with Gasteiger partial charge in [0, 0.05) is 0 Å². The van der Waals surface area contributed by atoms with Gasteiger partial charge in [0.2, 0.25) is 0 Å². The number of rotatable bonds is 1. The summed E-state index contributed by atoms with van der Waals surface area (Å²) in [6.07, 6.45) is 1.95. The van der Waals surface area contributed by atoms with Gasteiger partial charge in [-0.3, -0.25) is 0 Å². The number of hydrogen-bond donors (Lipinski definition) is 0. The van der Waals surface area contributed by atoms with Crippen molar-refractivity contribution < 1.29 is 37.9 Å². The molecule has 4 heavy (non-hydrogen) atoms. The summed E-state index contributed by atoms with van der Waals surface area (Å²) in [5.74, 6) is 0. The Morgan fingerprint density at radius 2 is 2.25 bits per heavy atom. The molecule has 0 fully saturated rings. The van der Waals surface area contributed by atoms with Crippen LogP contribution in [0, 0.1) is 37.9 Å². The van der Waals surface area contributed by atoms with Gasteiger partial charge in [0.05, 0.1) is 0 Å². The van der Waals surface area contributed by atoms with E-state index >= 15 is 0 Å². The summed E-state index contributed by atoms with van der Waals surface area (Å²) in [6, 6.07) is 0. The summed E-state index contributed by atoms with van der Waals surface area (Å²) in [5, 5.41) is 0. The van der Waals surface area contributed by atoms with Crippen LogP contribution in [0.1, 0.15) is 0 Å². The van der Waals surface area contributed by atoms with Crippen LogP contribution in [-0.2, 0) is 0 Å². The van der Waals surface area contributed by atoms with E-state index in [4.69, 9.17) is 0 Å². The second kappa shape index (κ2) is 4.06. The SMILES string of the molecule is C=C[CH2][Th]. The van der Waals surface area contributed by atoms with E-state index < -0.39 is 0 Å². The third kappa shape index (κ3) is 3.06. The maximum absolute atomic E-state index is 3.52. The van der Waals surface area contributed by atoms with Crippen molar-refractivity contribution in [3.63, 3.8) is 0 Å². The van der Waals surface area contributed by atoms with Gasteiger partial charge < -0.3 is 0 Å². The minimum absolute atomic E-state index is 1.10. The third-order valence-electron chi connectivity index (χ3n) is 0.144. The van der Waals surface area contributed by atoms with E-state index in [2.05, 4.69) is 6.58 Å². The minimum atomic E-state index is 1.10. The molecule has 0 rings (SSSR count). The quantitative estimate of drug-likeness (QED) is 0.628. The van der Waals surface area contributed by atoms with Gasteiger partial charge >= 0.3 is 52.8 Å². The van der Waals surface area contributed by atoms with E-state index in [1.54, 1.807) is 0 Å². The molecule has 0 heterocycles. The summed E-state index contributed by atoms with van der Waals surface area (Å²) in [7, 11) is 0. The fraction of sp³-hybridized carbons (Fsp3) is 0.333. The molecule has 0 aromatic carbocycles. The van der Waals surface area contributed by atoms with Crippen molar-refractivity contribution in [3.05, 3.63) is 12.7 Å². The molecule has 1 heteroatoms. The molecule has 0 saturated carbocycles. The van der Waals surface area contributed by atoms with Crippen LogP contribution in [0.25, 0.3) is 0 Å². The van der Waals surface area contributed by atoms with E-state index in [0.717, 1.165) is 37.9 Å². The molecule has 0 aliphatic carbocycles. The van der Waals surface area contributed by atoms with E-state index in [1.807, 2.05) is 6.08 Å². The van der Waals surface area contributed by atoms with Gasteiger partial charge in [-0.25, -0.2) is 0 Å². The van der Waals surface area contributed by atoms with Crippen LogP contribution in [0.3, 0.4) is 0 Å². The Labute approximate surface area is 52.2 Å². The molecular formula is C3H5Th. The first kappa shape index (κ1) is 5.06. The summed E-state index contributed by atoms with van der Waals surface area (Å²) < 4.78 is 1.25. The normalized spacial score (nSPS) is 6.50. The van der Waals surface area contributed by atoms with Crippen molar-refractivity contribution in [1.29, 1.82) is 0 Å². The fourth-order valence-electron chi connectivity index (χ4n) is 0. The summed E-state index contributed by atoms with van der Waals surface area (Å²) >= 11 is 1.10. The zero-order chi connectivity index (χ0) is 3.41. The third-order valence-corrected chi connectivity index (χ3v) is 1.33. The zero-order valence-electron chi connectivity index (χ0n) is 2.49. The molecule has 0 bridgehead atoms. The molecule has 0 aromatic rings. The second-order valence-electron chi connectivity index (χ2n) is 0.493. The Balaban J connectivity index is 2.30. The van der Waals surface area contributed by atoms with Crippen LogP contribution >= 0.6 is 0 Å². The molecule has 0 aliphatic heterocycles. The maximum atomic E-state index is 3.52. The predicted octanol–water partition coefficient (Wildman–Crippen LogP) is 1.14. The van der Waals surface area contributed by atoms with Crippen molar-refractivity contribution in [2.75, 3.05) is 0 Å². The van der Waals surface area contributed by atoms with Gasteiger partial charge in [-0.15, -0.1) is 0 Å². The van der Waals surface area contributed by atoms with Crippen molar-refractivity contribution in [3.8, 4) is 0 Å². The van der Waals surface area contributed by atoms with Crippen LogP contribution in [0.4, 0.5) is 0 Å². The first-order chi connectivity index (χ1) is 1.91. The van der Waals surface area contributed by atoms with E-state index in [1.165, 1.54) is 2.20 Å². The summed E-state index contributed by atoms with van der Waals surface area (Å²) in [5.41, 5.74) is 0. The van der Waals surface area contributed by atoms with Gasteiger partial charge in [-0.05, 0) is 0 Å². The van der Waals surface area contributed by atoms with E-state index in [-0.39, 0.29) is 0 Å². The van der Waals surface area contributed by atoms with Gasteiger partial charge in [0.15, 0.2) is 0 Å². The molecule has 0 amide bonds. The molecule has 21 valence electrons. The Bertz CT molecular complexity index is 17.2. The van der Waals surface area contributed by atoms with Gasteiger partial charge in [-0.1, -0.05) is 0 Å². The van der Waals surface area contributed by atoms with Crippen LogP contribution < -0.4 is 0 Å². The molecule has 0 radical (unpaired) electrons. The first-order valence-electron chi connectivity index (χ1n) is 1.17. The topological polar surface area (TPSA) is 0 Å². The van der Waals surface area contributed by atoms with Crippen LogP contribution in [0.15, 0.2) is 12.7 Å². The number of allylic oxidation sites excluding steroid dienone is 1. The molecule has 0 spiro atoms. The molecule has 0 nitrogen and oxygen atoms in total. The summed E-state index contributed by atoms with van der Waals surface area (Å²) in [6.45, 7) is 3.52. The van der Waals surface area contributed by atoms with E-state index in [0.29, 0.717) is 0 Å². The molecule has 0 aromatic heterocycles. The average molecular weight is 273 g/mol. The van der Waals surface area contributed by atoms with Crippen LogP contribution in [0.5, 0.6) is 0 Å². The van der Waals surface area contributed by atoms with Crippen LogP contribution in [0.2, 0.25) is 2.20 Å². The first-order valence-corrected chi connectivity index (χ1v) is 4.08. The Hall–Kier alpha value is 1.06. The standard InChI is InChI=1S/C3H5.Th/c1-3-2;/h3H,1-2H2;. The summed E-state index contributed by atoms with van der Waals surface area (Å²) in [4.78, 5) is 0. The Morgan fingerprint density at radius 3 is 2.25 bits per heavy atom. The number of hydrogen-bond acceptors (Lipinski definition) is 0. The molecule has 0 saturated heterocycles. The molecule has 0 aliphatic rings. The van der Waals surface area contributed by atoms with Crippen LogP contribution in [-0.4, -0.2) is 0 Å². The molecule has 0 unspecified atom stereocenters. The van der Waals surface area contributed by atoms with Crippen molar-refractivity contribution in [2.45, 2.75) is 2.20 Å². The molecule has 0 N–H and O–H groups in total. The zero-order valence-corrected chi connectivity index (χ0v) is 6.60. The van der Waals surface area contributed by atoms with Gasteiger partial charge in [0.25, 0.3) is 0 Å². The molecule has 0 atom stereocenters. The predicted molar refractivity (Wildman–Crippen MR) is 15.0 cm³/mol. The van der Waals surface area contributed by atoms with Crippen molar-refractivity contribution in [1.82, 2.24) is 0 Å². The molecular weight excluding hydrogens is 268 g/mol. The average Bonchev–Trinajstić information content (AvgIpc) is 1.37. The Kier molecular flexibility index (Phi) is 5.15. The van der Waals surface area contributed by atoms with Gasteiger partial charge in [-0.2, -0.15) is 0 Å². The Morgan fingerprint density at radius 1 is 2.00 bits per heavy atom. The van der Waals surface area contributed by atoms with Crippen molar-refractivity contribution >= 4 is 0 Å². The van der Waals surface area contributed by atoms with Crippen molar-refractivity contribution in [2.24, 2.45) is 0 Å². The second-order valence-corrected chi connectivity index (χ2v) is 2.17. The monoisotopic (exact) mass is 273 g/mol. The van der Waals surface area contributed by atoms with Gasteiger partial charge in [0.1, 0.15) is 0 Å². The fourth-order valence-corrected chi connectivity index (χ4v) is 0.